The molecule has 2 amide bonds. The van der Waals surface area contributed by atoms with Crippen molar-refractivity contribution < 1.29 is 9.59 Å². The molecule has 3 heterocycles. The summed E-state index contributed by atoms with van der Waals surface area (Å²) >= 11 is 0. The molecule has 2 aromatic rings. The zero-order chi connectivity index (χ0) is 21.8. The van der Waals surface area contributed by atoms with Gasteiger partial charge in [0.2, 0.25) is 11.8 Å². The highest BCUT2D eigenvalue weighted by atomic mass is 16.2. The fourth-order valence-electron chi connectivity index (χ4n) is 3.82. The van der Waals surface area contributed by atoms with Crippen molar-refractivity contribution in [2.24, 2.45) is 4.99 Å². The van der Waals surface area contributed by atoms with Crippen molar-refractivity contribution in [2.45, 2.75) is 25.3 Å². The lowest BCUT2D eigenvalue weighted by atomic mass is 10.0. The van der Waals surface area contributed by atoms with E-state index in [4.69, 9.17) is 0 Å². The SMILES string of the molecule is CN1CC(=O)N(C)CCCCNc2ncnc3c2C(C=Nc2cccc(c2)C1)C(=O)N3. The van der Waals surface area contributed by atoms with E-state index in [9.17, 15) is 9.59 Å². The molecule has 31 heavy (non-hydrogen) atoms. The summed E-state index contributed by atoms with van der Waals surface area (Å²) in [7, 11) is 3.78. The number of carbonyl (C=O) groups is 2. The Labute approximate surface area is 181 Å². The van der Waals surface area contributed by atoms with Gasteiger partial charge in [-0.15, -0.1) is 0 Å². The van der Waals surface area contributed by atoms with E-state index in [2.05, 4.69) is 25.6 Å². The van der Waals surface area contributed by atoms with Crippen molar-refractivity contribution in [1.82, 2.24) is 19.8 Å². The largest absolute Gasteiger partial charge is 0.370 e. The first-order chi connectivity index (χ1) is 15.0. The summed E-state index contributed by atoms with van der Waals surface area (Å²) in [5.41, 5.74) is 2.53. The van der Waals surface area contributed by atoms with Crippen LogP contribution in [0, 0.1) is 0 Å². The molecule has 2 aliphatic rings. The molecule has 1 unspecified atom stereocenters. The van der Waals surface area contributed by atoms with Crippen LogP contribution < -0.4 is 10.6 Å². The van der Waals surface area contributed by atoms with Crippen molar-refractivity contribution in [1.29, 1.82) is 0 Å². The molecule has 1 aromatic carbocycles. The summed E-state index contributed by atoms with van der Waals surface area (Å²) in [5, 5.41) is 6.14. The molecule has 4 rings (SSSR count). The van der Waals surface area contributed by atoms with Crippen LogP contribution in [0.15, 0.2) is 35.6 Å². The van der Waals surface area contributed by atoms with E-state index in [-0.39, 0.29) is 11.8 Å². The van der Waals surface area contributed by atoms with Crippen LogP contribution >= 0.6 is 0 Å². The third-order valence-electron chi connectivity index (χ3n) is 5.50. The molecule has 0 spiro atoms. The fraction of sp³-hybridized carbons (Fsp3) is 0.409. The number of fused-ring (bicyclic) bond motifs is 2. The predicted octanol–water partition coefficient (Wildman–Crippen LogP) is 2.01. The number of rotatable bonds is 0. The molecule has 0 saturated carbocycles. The number of nitrogens with one attached hydrogen (secondary N) is 2. The third-order valence-corrected chi connectivity index (χ3v) is 5.50. The number of anilines is 2. The number of nitrogens with zero attached hydrogens (tertiary/aromatic N) is 5. The van der Waals surface area contributed by atoms with E-state index in [1.807, 2.05) is 43.3 Å². The van der Waals surface area contributed by atoms with E-state index in [1.165, 1.54) is 6.33 Å². The smallest absolute Gasteiger partial charge is 0.238 e. The zero-order valence-electron chi connectivity index (χ0n) is 17.8. The summed E-state index contributed by atoms with van der Waals surface area (Å²) in [6, 6.07) is 7.81. The van der Waals surface area contributed by atoms with Gasteiger partial charge in [0.1, 0.15) is 23.9 Å². The molecule has 0 radical (unpaired) electrons. The molecule has 1 aromatic heterocycles. The van der Waals surface area contributed by atoms with Gasteiger partial charge in [0, 0.05) is 32.9 Å². The Balaban J connectivity index is 1.64. The second-order valence-corrected chi connectivity index (χ2v) is 8.02. The van der Waals surface area contributed by atoms with E-state index in [0.29, 0.717) is 37.8 Å². The standard InChI is InChI=1S/C22H27N7O2/c1-28-12-15-6-5-7-16(10-15)24-11-17-19-20(25-14-26-21(19)27-22(17)31)23-8-3-4-9-29(2)18(30)13-28/h5-7,10-11,14,17H,3-4,8-9,12-13H2,1-2H3,(H2,23,25,26,27,31). The van der Waals surface area contributed by atoms with Gasteiger partial charge < -0.3 is 15.5 Å². The first-order valence-electron chi connectivity index (χ1n) is 10.5. The number of hydrogen-bond acceptors (Lipinski definition) is 7. The molecule has 0 aliphatic carbocycles. The van der Waals surface area contributed by atoms with Crippen LogP contribution in [0.5, 0.6) is 0 Å². The van der Waals surface area contributed by atoms with Gasteiger partial charge in [-0.2, -0.15) is 0 Å². The van der Waals surface area contributed by atoms with Crippen LogP contribution in [0.2, 0.25) is 0 Å². The number of amides is 2. The number of likely N-dealkylation sites (N-methyl/N-ethyl adjacent to an activating group) is 2. The summed E-state index contributed by atoms with van der Waals surface area (Å²) < 4.78 is 0. The molecule has 1 atom stereocenters. The lowest BCUT2D eigenvalue weighted by molar-refractivity contribution is -0.131. The highest BCUT2D eigenvalue weighted by Gasteiger charge is 2.33. The number of aromatic nitrogens is 2. The lowest BCUT2D eigenvalue weighted by Gasteiger charge is -2.22. The fourth-order valence-corrected chi connectivity index (χ4v) is 3.82. The maximum Gasteiger partial charge on any atom is 0.238 e. The quantitative estimate of drug-likeness (QED) is 0.675. The monoisotopic (exact) mass is 421 g/mol. The molecule has 2 N–H and O–H groups in total. The van der Waals surface area contributed by atoms with Crippen molar-refractivity contribution in [2.75, 3.05) is 44.4 Å². The average molecular weight is 422 g/mol. The predicted molar refractivity (Wildman–Crippen MR) is 120 cm³/mol. The van der Waals surface area contributed by atoms with Gasteiger partial charge in [0.05, 0.1) is 17.8 Å². The Kier molecular flexibility index (Phi) is 6.22. The van der Waals surface area contributed by atoms with Crippen molar-refractivity contribution in [3.63, 3.8) is 0 Å². The molecular formula is C22H27N7O2. The topological polar surface area (TPSA) is 103 Å². The Morgan fingerprint density at radius 1 is 1.06 bits per heavy atom. The highest BCUT2D eigenvalue weighted by molar-refractivity contribution is 6.13. The van der Waals surface area contributed by atoms with Gasteiger partial charge in [-0.25, -0.2) is 9.97 Å². The third kappa shape index (κ3) is 4.88. The Morgan fingerprint density at radius 2 is 1.90 bits per heavy atom. The van der Waals surface area contributed by atoms with Crippen molar-refractivity contribution in [3.8, 4) is 0 Å². The minimum Gasteiger partial charge on any atom is -0.370 e. The average Bonchev–Trinajstić information content (AvgIpc) is 3.07. The van der Waals surface area contributed by atoms with Crippen LogP contribution in [0.1, 0.15) is 29.9 Å². The molecule has 2 bridgehead atoms. The lowest BCUT2D eigenvalue weighted by Crippen LogP contribution is -2.37. The first-order valence-corrected chi connectivity index (χ1v) is 10.5. The zero-order valence-corrected chi connectivity index (χ0v) is 17.8. The molecule has 9 heteroatoms. The van der Waals surface area contributed by atoms with Gasteiger partial charge in [0.25, 0.3) is 0 Å². The van der Waals surface area contributed by atoms with Gasteiger partial charge in [-0.05, 0) is 37.6 Å². The van der Waals surface area contributed by atoms with Crippen LogP contribution in [0.4, 0.5) is 17.3 Å². The van der Waals surface area contributed by atoms with E-state index in [1.54, 1.807) is 11.1 Å². The molecule has 162 valence electrons. The molecule has 9 nitrogen and oxygen atoms in total. The first kappa shape index (κ1) is 20.9. The van der Waals surface area contributed by atoms with Crippen LogP contribution in [0.3, 0.4) is 0 Å². The maximum absolute atomic E-state index is 12.6. The molecule has 2 aliphatic heterocycles. The summed E-state index contributed by atoms with van der Waals surface area (Å²) in [6.07, 6.45) is 4.84. The maximum atomic E-state index is 12.6. The van der Waals surface area contributed by atoms with Crippen molar-refractivity contribution in [3.05, 3.63) is 41.7 Å². The normalized spacial score (nSPS) is 20.5. The second-order valence-electron chi connectivity index (χ2n) is 8.02. The van der Waals surface area contributed by atoms with Gasteiger partial charge >= 0.3 is 0 Å². The van der Waals surface area contributed by atoms with E-state index >= 15 is 0 Å². The van der Waals surface area contributed by atoms with Crippen LogP contribution in [-0.4, -0.2) is 71.5 Å². The number of benzene rings is 1. The Morgan fingerprint density at radius 3 is 2.77 bits per heavy atom. The van der Waals surface area contributed by atoms with Crippen LogP contribution in [-0.2, 0) is 16.1 Å². The highest BCUT2D eigenvalue weighted by Crippen LogP contribution is 2.34. The van der Waals surface area contributed by atoms with E-state index in [0.717, 1.165) is 29.7 Å². The number of carbonyl (C=O) groups excluding carboxylic acids is 2. The molecule has 0 fully saturated rings. The summed E-state index contributed by atoms with van der Waals surface area (Å²) in [5.74, 6) is 0.557. The van der Waals surface area contributed by atoms with Gasteiger partial charge in [-0.1, -0.05) is 12.1 Å². The van der Waals surface area contributed by atoms with Gasteiger partial charge in [0.15, 0.2) is 0 Å². The minimum atomic E-state index is -0.548. The summed E-state index contributed by atoms with van der Waals surface area (Å²) in [4.78, 5) is 42.0. The van der Waals surface area contributed by atoms with E-state index < -0.39 is 5.92 Å². The van der Waals surface area contributed by atoms with Crippen molar-refractivity contribution >= 4 is 35.4 Å². The molecular weight excluding hydrogens is 394 g/mol. The van der Waals surface area contributed by atoms with Crippen LogP contribution in [0.25, 0.3) is 0 Å². The van der Waals surface area contributed by atoms with Gasteiger partial charge in [-0.3, -0.25) is 19.5 Å². The Hall–Kier alpha value is -3.33. The second kappa shape index (κ2) is 9.22. The Bertz CT molecular complexity index is 1010. The number of hydrogen-bond donors (Lipinski definition) is 2. The molecule has 0 saturated heterocycles. The minimum absolute atomic E-state index is 0.104. The summed E-state index contributed by atoms with van der Waals surface area (Å²) in [6.45, 7) is 2.38. The number of aliphatic imine (C=N–C) groups is 1.